The van der Waals surface area contributed by atoms with Gasteiger partial charge in [0.25, 0.3) is 11.8 Å². The molecule has 0 radical (unpaired) electrons. The number of aromatic hydroxyl groups is 1. The Hall–Kier alpha value is -3.27. The topological polar surface area (TPSA) is 101 Å². The Kier molecular flexibility index (Phi) is 5.48. The van der Waals surface area contributed by atoms with E-state index in [0.717, 1.165) is 6.07 Å². The highest BCUT2D eigenvalue weighted by Crippen LogP contribution is 2.33. The zero-order chi connectivity index (χ0) is 22.3. The number of hydrogen-bond donors (Lipinski definition) is 2. The number of carbonyl (C=O) groups excluding carboxylic acids is 2. The van der Waals surface area contributed by atoms with Gasteiger partial charge < -0.3 is 24.6 Å². The monoisotopic (exact) mass is 433 g/mol. The van der Waals surface area contributed by atoms with E-state index >= 15 is 0 Å². The highest BCUT2D eigenvalue weighted by atomic mass is 19.1. The number of ether oxygens (including phenoxy) is 1. The van der Waals surface area contributed by atoms with E-state index in [9.17, 15) is 28.3 Å². The van der Waals surface area contributed by atoms with Crippen molar-refractivity contribution in [2.45, 2.75) is 31.5 Å². The molecule has 1 aromatic carbocycles. The van der Waals surface area contributed by atoms with Crippen molar-refractivity contribution < 1.29 is 28.2 Å². The van der Waals surface area contributed by atoms with Crippen molar-refractivity contribution in [2.24, 2.45) is 0 Å². The number of hydrogen-bond acceptors (Lipinski definition) is 5. The third-order valence-corrected chi connectivity index (χ3v) is 5.81. The van der Waals surface area contributed by atoms with E-state index in [0.29, 0.717) is 32.0 Å². The van der Waals surface area contributed by atoms with Crippen LogP contribution in [-0.4, -0.2) is 52.7 Å². The Morgan fingerprint density at radius 3 is 2.81 bits per heavy atom. The van der Waals surface area contributed by atoms with Crippen LogP contribution in [0, 0.1) is 11.6 Å². The summed E-state index contributed by atoms with van der Waals surface area (Å²) in [6.45, 7) is 0.520. The molecule has 2 bridgehead atoms. The summed E-state index contributed by atoms with van der Waals surface area (Å²) >= 11 is 0. The van der Waals surface area contributed by atoms with Crippen molar-refractivity contribution in [1.82, 2.24) is 14.8 Å². The van der Waals surface area contributed by atoms with Gasteiger partial charge in [0, 0.05) is 44.6 Å². The predicted molar refractivity (Wildman–Crippen MR) is 105 cm³/mol. The SMILES string of the molecule is COC1CCCN2CC1n1cc(C(=O)NCc3ccc(F)cc3F)c(=O)c(O)c1C2=O. The maximum absolute atomic E-state index is 13.8. The van der Waals surface area contributed by atoms with Crippen molar-refractivity contribution in [3.05, 3.63) is 63.1 Å². The van der Waals surface area contributed by atoms with Gasteiger partial charge in [0.2, 0.25) is 5.43 Å². The minimum atomic E-state index is -0.995. The van der Waals surface area contributed by atoms with E-state index in [-0.39, 0.29) is 35.5 Å². The zero-order valence-corrected chi connectivity index (χ0v) is 16.7. The van der Waals surface area contributed by atoms with Crippen LogP contribution in [0.3, 0.4) is 0 Å². The Morgan fingerprint density at radius 2 is 2.10 bits per heavy atom. The van der Waals surface area contributed by atoms with Crippen molar-refractivity contribution in [2.75, 3.05) is 20.2 Å². The number of halogens is 2. The summed E-state index contributed by atoms with van der Waals surface area (Å²) in [7, 11) is 1.55. The lowest BCUT2D eigenvalue weighted by molar-refractivity contribution is 0.0352. The second kappa shape index (κ2) is 8.10. The van der Waals surface area contributed by atoms with E-state index in [1.54, 1.807) is 12.0 Å². The molecule has 2 aliphatic heterocycles. The fraction of sp³-hybridized carbons (Fsp3) is 0.381. The number of nitrogens with one attached hydrogen (secondary N) is 1. The summed E-state index contributed by atoms with van der Waals surface area (Å²) in [5, 5.41) is 12.9. The molecule has 0 spiro atoms. The fourth-order valence-corrected chi connectivity index (χ4v) is 4.18. The summed E-state index contributed by atoms with van der Waals surface area (Å²) in [5.74, 6) is -3.73. The van der Waals surface area contributed by atoms with Crippen LogP contribution in [-0.2, 0) is 11.3 Å². The summed E-state index contributed by atoms with van der Waals surface area (Å²) in [4.78, 5) is 39.7. The van der Waals surface area contributed by atoms with Gasteiger partial charge in [-0.15, -0.1) is 0 Å². The van der Waals surface area contributed by atoms with Gasteiger partial charge in [-0.3, -0.25) is 14.4 Å². The molecule has 0 saturated carbocycles. The highest BCUT2D eigenvalue weighted by Gasteiger charge is 2.40. The van der Waals surface area contributed by atoms with Crippen LogP contribution in [0.5, 0.6) is 5.75 Å². The Balaban J connectivity index is 1.69. The Morgan fingerprint density at radius 1 is 1.32 bits per heavy atom. The van der Waals surface area contributed by atoms with E-state index in [1.165, 1.54) is 16.8 Å². The second-order valence-corrected chi connectivity index (χ2v) is 7.63. The van der Waals surface area contributed by atoms with E-state index < -0.39 is 34.6 Å². The van der Waals surface area contributed by atoms with E-state index in [1.807, 2.05) is 0 Å². The van der Waals surface area contributed by atoms with Crippen molar-refractivity contribution in [3.8, 4) is 5.75 Å². The smallest absolute Gasteiger partial charge is 0.274 e. The molecule has 8 nitrogen and oxygen atoms in total. The van der Waals surface area contributed by atoms with Crippen LogP contribution >= 0.6 is 0 Å². The summed E-state index contributed by atoms with van der Waals surface area (Å²) < 4.78 is 33.9. The average Bonchev–Trinajstić information content (AvgIpc) is 2.93. The number of nitrogens with zero attached hydrogens (tertiary/aromatic N) is 2. The molecule has 164 valence electrons. The summed E-state index contributed by atoms with van der Waals surface area (Å²) in [5.41, 5.74) is -1.52. The zero-order valence-electron chi connectivity index (χ0n) is 16.7. The molecule has 2 amide bonds. The van der Waals surface area contributed by atoms with Crippen molar-refractivity contribution in [1.29, 1.82) is 0 Å². The largest absolute Gasteiger partial charge is 0.503 e. The second-order valence-electron chi connectivity index (χ2n) is 7.63. The number of fused-ring (bicyclic) bond motifs is 4. The number of carbonyl (C=O) groups is 2. The lowest BCUT2D eigenvalue weighted by Gasteiger charge is -2.36. The molecule has 2 unspecified atom stereocenters. The Bertz CT molecular complexity index is 1120. The normalized spacial score (nSPS) is 20.2. The number of benzene rings is 1. The van der Waals surface area contributed by atoms with Gasteiger partial charge in [-0.05, 0) is 18.9 Å². The molecule has 1 fully saturated rings. The lowest BCUT2D eigenvalue weighted by atomic mass is 10.0. The van der Waals surface area contributed by atoms with E-state index in [4.69, 9.17) is 4.74 Å². The highest BCUT2D eigenvalue weighted by molar-refractivity contribution is 5.99. The molecule has 3 heterocycles. The van der Waals surface area contributed by atoms with E-state index in [2.05, 4.69) is 5.32 Å². The van der Waals surface area contributed by atoms with Crippen LogP contribution in [0.1, 0.15) is 45.3 Å². The maximum Gasteiger partial charge on any atom is 0.274 e. The molecule has 2 atom stereocenters. The maximum atomic E-state index is 13.8. The third kappa shape index (κ3) is 3.67. The minimum Gasteiger partial charge on any atom is -0.503 e. The predicted octanol–water partition coefficient (Wildman–Crippen LogP) is 1.57. The standard InChI is InChI=1S/C21H21F2N3O5/c1-31-16-3-2-6-25-10-15(16)26-9-13(18(27)19(28)17(26)21(25)30)20(29)24-8-11-4-5-12(22)7-14(11)23/h4-5,7,9,15-16,28H,2-3,6,8,10H2,1H3,(H,24,29). The van der Waals surface area contributed by atoms with Gasteiger partial charge in [0.15, 0.2) is 11.4 Å². The quantitative estimate of drug-likeness (QED) is 0.763. The van der Waals surface area contributed by atoms with Crippen molar-refractivity contribution in [3.63, 3.8) is 0 Å². The lowest BCUT2D eigenvalue weighted by Crippen LogP contribution is -2.47. The molecule has 1 aromatic heterocycles. The number of methoxy groups -OCH3 is 1. The molecular formula is C21H21F2N3O5. The molecule has 2 aliphatic rings. The molecule has 1 saturated heterocycles. The molecule has 0 aliphatic carbocycles. The van der Waals surface area contributed by atoms with Crippen LogP contribution < -0.4 is 10.7 Å². The average molecular weight is 433 g/mol. The number of aromatic nitrogens is 1. The first-order valence-electron chi connectivity index (χ1n) is 9.84. The third-order valence-electron chi connectivity index (χ3n) is 5.81. The van der Waals surface area contributed by atoms with Gasteiger partial charge >= 0.3 is 0 Å². The summed E-state index contributed by atoms with van der Waals surface area (Å²) in [6.07, 6.45) is 2.34. The number of amides is 2. The first kappa shape index (κ1) is 21.0. The van der Waals surface area contributed by atoms with Gasteiger partial charge in [0.05, 0.1) is 12.1 Å². The molecule has 2 N–H and O–H groups in total. The molecule has 2 aromatic rings. The first-order valence-corrected chi connectivity index (χ1v) is 9.84. The Labute approximate surface area is 176 Å². The van der Waals surface area contributed by atoms with Gasteiger partial charge in [0.1, 0.15) is 17.2 Å². The molecule has 4 rings (SSSR count). The molecule has 10 heteroatoms. The minimum absolute atomic E-state index is 0.0334. The number of pyridine rings is 1. The van der Waals surface area contributed by atoms with Gasteiger partial charge in [-0.2, -0.15) is 0 Å². The van der Waals surface area contributed by atoms with Gasteiger partial charge in [-0.1, -0.05) is 6.07 Å². The van der Waals surface area contributed by atoms with Crippen molar-refractivity contribution >= 4 is 11.8 Å². The van der Waals surface area contributed by atoms with Gasteiger partial charge in [-0.25, -0.2) is 8.78 Å². The fourth-order valence-electron chi connectivity index (χ4n) is 4.18. The number of rotatable bonds is 4. The van der Waals surface area contributed by atoms with Crippen LogP contribution in [0.2, 0.25) is 0 Å². The molecular weight excluding hydrogens is 412 g/mol. The van der Waals surface area contributed by atoms with Crippen LogP contribution in [0.4, 0.5) is 8.78 Å². The van der Waals surface area contributed by atoms with Crippen LogP contribution in [0.25, 0.3) is 0 Å². The molecule has 31 heavy (non-hydrogen) atoms. The first-order chi connectivity index (χ1) is 14.8. The van der Waals surface area contributed by atoms with Crippen LogP contribution in [0.15, 0.2) is 29.2 Å². The summed E-state index contributed by atoms with van der Waals surface area (Å²) in [6, 6.07) is 2.55.